The van der Waals surface area contributed by atoms with E-state index in [4.69, 9.17) is 0 Å². The van der Waals surface area contributed by atoms with Gasteiger partial charge in [0.05, 0.1) is 5.92 Å². The van der Waals surface area contributed by atoms with Crippen molar-refractivity contribution in [3.63, 3.8) is 0 Å². The Labute approximate surface area is 101 Å². The Morgan fingerprint density at radius 3 is 2.59 bits per heavy atom. The second-order valence-corrected chi connectivity index (χ2v) is 5.04. The number of likely N-dealkylation sites (tertiary alicyclic amines) is 1. The summed E-state index contributed by atoms with van der Waals surface area (Å²) in [6.45, 7) is 4.07. The monoisotopic (exact) mass is 240 g/mol. The van der Waals surface area contributed by atoms with E-state index >= 15 is 0 Å². The molecular weight excluding hydrogens is 220 g/mol. The largest absolute Gasteiger partial charge is 0.480 e. The lowest BCUT2D eigenvalue weighted by Crippen LogP contribution is -2.57. The van der Waals surface area contributed by atoms with Crippen molar-refractivity contribution < 1.29 is 14.7 Å². The highest BCUT2D eigenvalue weighted by atomic mass is 16.4. The van der Waals surface area contributed by atoms with Crippen molar-refractivity contribution in [3.05, 3.63) is 0 Å². The number of carbonyl (C=O) groups is 2. The molecule has 2 aliphatic rings. The van der Waals surface area contributed by atoms with Crippen LogP contribution >= 0.6 is 0 Å². The molecule has 0 aliphatic carbocycles. The van der Waals surface area contributed by atoms with Crippen molar-refractivity contribution in [2.75, 3.05) is 19.6 Å². The number of amides is 1. The van der Waals surface area contributed by atoms with Crippen molar-refractivity contribution in [2.24, 2.45) is 11.8 Å². The summed E-state index contributed by atoms with van der Waals surface area (Å²) in [5.41, 5.74) is 0. The molecule has 0 radical (unpaired) electrons. The van der Waals surface area contributed by atoms with Gasteiger partial charge in [-0.1, -0.05) is 13.3 Å². The Bertz CT molecular complexity index is 315. The van der Waals surface area contributed by atoms with E-state index in [-0.39, 0.29) is 11.8 Å². The van der Waals surface area contributed by atoms with Crippen LogP contribution in [0.4, 0.5) is 0 Å². The number of nitrogens with one attached hydrogen (secondary N) is 1. The van der Waals surface area contributed by atoms with Crippen LogP contribution < -0.4 is 5.32 Å². The summed E-state index contributed by atoms with van der Waals surface area (Å²) in [6, 6.07) is -0.609. The van der Waals surface area contributed by atoms with E-state index < -0.39 is 12.0 Å². The predicted octanol–water partition coefficient (Wildman–Crippen LogP) is 0.308. The van der Waals surface area contributed by atoms with Gasteiger partial charge < -0.3 is 15.3 Å². The van der Waals surface area contributed by atoms with Gasteiger partial charge in [0.2, 0.25) is 5.91 Å². The van der Waals surface area contributed by atoms with Gasteiger partial charge in [0.25, 0.3) is 0 Å². The van der Waals surface area contributed by atoms with E-state index in [1.54, 1.807) is 4.90 Å². The third-order valence-corrected chi connectivity index (χ3v) is 3.99. The minimum atomic E-state index is -0.858. The standard InChI is InChI=1S/C12H20N2O3/c1-2-8-3-4-14(10(5-8)12(16)17)11(15)9-6-13-7-9/h8-10,13H,2-7H2,1H3,(H,16,17). The second kappa shape index (κ2) is 5.04. The third-order valence-electron chi connectivity index (χ3n) is 3.99. The maximum absolute atomic E-state index is 12.1. The highest BCUT2D eigenvalue weighted by Crippen LogP contribution is 2.27. The van der Waals surface area contributed by atoms with Crippen molar-refractivity contribution in [1.29, 1.82) is 0 Å². The third kappa shape index (κ3) is 2.44. The van der Waals surface area contributed by atoms with E-state index in [0.717, 1.165) is 12.8 Å². The molecule has 2 aliphatic heterocycles. The quantitative estimate of drug-likeness (QED) is 0.745. The fraction of sp³-hybridized carbons (Fsp3) is 0.833. The van der Waals surface area contributed by atoms with Gasteiger partial charge in [-0.3, -0.25) is 4.79 Å². The summed E-state index contributed by atoms with van der Waals surface area (Å²) in [4.78, 5) is 24.9. The maximum atomic E-state index is 12.1. The predicted molar refractivity (Wildman–Crippen MR) is 62.5 cm³/mol. The molecular formula is C12H20N2O3. The Hall–Kier alpha value is -1.10. The molecule has 0 aromatic carbocycles. The molecule has 2 saturated heterocycles. The fourth-order valence-corrected chi connectivity index (χ4v) is 2.60. The van der Waals surface area contributed by atoms with Gasteiger partial charge in [-0.2, -0.15) is 0 Å². The molecule has 17 heavy (non-hydrogen) atoms. The Balaban J connectivity index is 2.04. The van der Waals surface area contributed by atoms with Crippen LogP contribution in [0.5, 0.6) is 0 Å². The average Bonchev–Trinajstić information content (AvgIpc) is 2.25. The van der Waals surface area contributed by atoms with Gasteiger partial charge in [-0.05, 0) is 18.8 Å². The van der Waals surface area contributed by atoms with Crippen LogP contribution in [0, 0.1) is 11.8 Å². The second-order valence-electron chi connectivity index (χ2n) is 5.04. The zero-order valence-electron chi connectivity index (χ0n) is 10.2. The highest BCUT2D eigenvalue weighted by Gasteiger charge is 2.39. The number of piperidine rings is 1. The Morgan fingerprint density at radius 2 is 2.12 bits per heavy atom. The molecule has 2 atom stereocenters. The van der Waals surface area contributed by atoms with E-state index in [0.29, 0.717) is 32.0 Å². The average molecular weight is 240 g/mol. The minimum Gasteiger partial charge on any atom is -0.480 e. The van der Waals surface area contributed by atoms with Gasteiger partial charge in [0.1, 0.15) is 6.04 Å². The molecule has 2 unspecified atom stereocenters. The first-order valence-corrected chi connectivity index (χ1v) is 6.37. The van der Waals surface area contributed by atoms with Crippen LogP contribution in [0.2, 0.25) is 0 Å². The molecule has 2 fully saturated rings. The molecule has 2 heterocycles. The van der Waals surface area contributed by atoms with E-state index in [9.17, 15) is 14.7 Å². The molecule has 96 valence electrons. The molecule has 0 saturated carbocycles. The highest BCUT2D eigenvalue weighted by molar-refractivity contribution is 5.86. The molecule has 2 N–H and O–H groups in total. The van der Waals surface area contributed by atoms with Crippen LogP contribution in [0.25, 0.3) is 0 Å². The topological polar surface area (TPSA) is 69.6 Å². The van der Waals surface area contributed by atoms with Crippen molar-refractivity contribution in [3.8, 4) is 0 Å². The van der Waals surface area contributed by atoms with Crippen LogP contribution in [-0.4, -0.2) is 47.6 Å². The van der Waals surface area contributed by atoms with Gasteiger partial charge >= 0.3 is 5.97 Å². The summed E-state index contributed by atoms with van der Waals surface area (Å²) < 4.78 is 0. The first kappa shape index (κ1) is 12.4. The number of carboxylic acid groups (broad SMARTS) is 1. The van der Waals surface area contributed by atoms with Crippen LogP contribution in [0.15, 0.2) is 0 Å². The molecule has 2 rings (SSSR count). The van der Waals surface area contributed by atoms with Gasteiger partial charge in [0.15, 0.2) is 0 Å². The van der Waals surface area contributed by atoms with Crippen LogP contribution in [0.1, 0.15) is 26.2 Å². The normalized spacial score (nSPS) is 29.8. The summed E-state index contributed by atoms with van der Waals surface area (Å²) in [6.07, 6.45) is 2.54. The summed E-state index contributed by atoms with van der Waals surface area (Å²) in [5.74, 6) is -0.399. The molecule has 5 nitrogen and oxygen atoms in total. The van der Waals surface area contributed by atoms with E-state index in [2.05, 4.69) is 12.2 Å². The molecule has 5 heteroatoms. The number of hydrogen-bond acceptors (Lipinski definition) is 3. The van der Waals surface area contributed by atoms with Gasteiger partial charge in [-0.25, -0.2) is 4.79 Å². The molecule has 0 spiro atoms. The van der Waals surface area contributed by atoms with Crippen molar-refractivity contribution in [2.45, 2.75) is 32.2 Å². The zero-order valence-corrected chi connectivity index (χ0v) is 10.2. The number of hydrogen-bond donors (Lipinski definition) is 2. The number of nitrogens with zero attached hydrogens (tertiary/aromatic N) is 1. The minimum absolute atomic E-state index is 0.00461. The number of carboxylic acids is 1. The zero-order chi connectivity index (χ0) is 12.4. The summed E-state index contributed by atoms with van der Waals surface area (Å²) in [5, 5.41) is 12.3. The molecule has 1 amide bonds. The van der Waals surface area contributed by atoms with Gasteiger partial charge in [-0.15, -0.1) is 0 Å². The Kier molecular flexibility index (Phi) is 3.66. The maximum Gasteiger partial charge on any atom is 0.326 e. The van der Waals surface area contributed by atoms with Crippen molar-refractivity contribution >= 4 is 11.9 Å². The summed E-state index contributed by atoms with van der Waals surface area (Å²) >= 11 is 0. The number of aliphatic carboxylic acids is 1. The SMILES string of the molecule is CCC1CCN(C(=O)C2CNC2)C(C(=O)O)C1. The lowest BCUT2D eigenvalue weighted by Gasteiger charge is -2.40. The summed E-state index contributed by atoms with van der Waals surface area (Å²) in [7, 11) is 0. The first-order valence-electron chi connectivity index (χ1n) is 6.37. The van der Waals surface area contributed by atoms with Gasteiger partial charge in [0, 0.05) is 19.6 Å². The first-order chi connectivity index (χ1) is 8.13. The Morgan fingerprint density at radius 1 is 1.41 bits per heavy atom. The van der Waals surface area contributed by atoms with E-state index in [1.165, 1.54) is 0 Å². The van der Waals surface area contributed by atoms with Crippen LogP contribution in [0.3, 0.4) is 0 Å². The molecule has 0 aromatic heterocycles. The van der Waals surface area contributed by atoms with E-state index in [1.807, 2.05) is 0 Å². The number of carbonyl (C=O) groups excluding carboxylic acids is 1. The van der Waals surface area contributed by atoms with Crippen molar-refractivity contribution in [1.82, 2.24) is 10.2 Å². The van der Waals surface area contributed by atoms with Crippen LogP contribution in [-0.2, 0) is 9.59 Å². The smallest absolute Gasteiger partial charge is 0.326 e. The lowest BCUT2D eigenvalue weighted by atomic mass is 9.87. The molecule has 0 aromatic rings. The number of rotatable bonds is 3. The lowest BCUT2D eigenvalue weighted by molar-refractivity contribution is -0.155. The fourth-order valence-electron chi connectivity index (χ4n) is 2.60. The molecule has 0 bridgehead atoms.